The summed E-state index contributed by atoms with van der Waals surface area (Å²) in [5.41, 5.74) is -0.747. The van der Waals surface area contributed by atoms with Crippen LogP contribution in [-0.2, 0) is 24.6 Å². The Bertz CT molecular complexity index is 1060. The van der Waals surface area contributed by atoms with E-state index in [0.29, 0.717) is 6.42 Å². The number of halogens is 1. The maximum absolute atomic E-state index is 11.0. The number of carbonyl (C=O) groups is 5. The van der Waals surface area contributed by atoms with Crippen molar-refractivity contribution in [1.29, 1.82) is 0 Å². The van der Waals surface area contributed by atoms with Gasteiger partial charge in [0.15, 0.2) is 5.78 Å². The van der Waals surface area contributed by atoms with Crippen molar-refractivity contribution in [2.75, 3.05) is 5.33 Å². The third kappa shape index (κ3) is 15.8. The average molecular weight is 619 g/mol. The van der Waals surface area contributed by atoms with Crippen LogP contribution >= 0.6 is 15.9 Å². The highest BCUT2D eigenvalue weighted by atomic mass is 79.9. The maximum atomic E-state index is 11.0. The number of benzene rings is 1. The van der Waals surface area contributed by atoms with Crippen LogP contribution in [-0.4, -0.2) is 55.0 Å². The molecule has 3 N–H and O–H groups in total. The molecule has 0 fully saturated rings. The summed E-state index contributed by atoms with van der Waals surface area (Å²) in [5.74, 6) is -4.85. The van der Waals surface area contributed by atoms with Crippen molar-refractivity contribution in [3.8, 4) is 0 Å². The van der Waals surface area contributed by atoms with Gasteiger partial charge >= 0.3 is 17.9 Å². The molecule has 0 radical (unpaired) electrons. The van der Waals surface area contributed by atoms with Gasteiger partial charge in [-0.1, -0.05) is 84.3 Å². The van der Waals surface area contributed by atoms with Gasteiger partial charge in [0.25, 0.3) is 5.69 Å². The Labute approximate surface area is 237 Å². The number of carboxylic acids is 3. The monoisotopic (exact) mass is 617 g/mol. The van der Waals surface area contributed by atoms with E-state index in [4.69, 9.17) is 15.3 Å². The van der Waals surface area contributed by atoms with Crippen LogP contribution in [0, 0.1) is 26.9 Å². The maximum Gasteiger partial charge on any atom is 0.342 e. The summed E-state index contributed by atoms with van der Waals surface area (Å²) in [7, 11) is 0. The molecule has 0 aromatic heterocycles. The lowest BCUT2D eigenvalue weighted by Crippen LogP contribution is -2.30. The highest BCUT2D eigenvalue weighted by Gasteiger charge is 2.33. The first-order valence-electron chi connectivity index (χ1n) is 11.9. The third-order valence-corrected chi connectivity index (χ3v) is 5.65. The first-order chi connectivity index (χ1) is 17.3. The normalized spacial score (nSPS) is 12.1. The number of carbonyl (C=O) groups excluding carboxylic acids is 2. The molecule has 0 saturated heterocycles. The molecule has 0 heterocycles. The molecule has 0 bridgehead atoms. The van der Waals surface area contributed by atoms with Crippen LogP contribution in [0.5, 0.6) is 0 Å². The van der Waals surface area contributed by atoms with Gasteiger partial charge in [0.05, 0.1) is 22.6 Å². The van der Waals surface area contributed by atoms with E-state index in [9.17, 15) is 34.1 Å². The van der Waals surface area contributed by atoms with Crippen molar-refractivity contribution in [3.63, 3.8) is 0 Å². The Hall–Kier alpha value is -3.15. The Morgan fingerprint density at radius 3 is 1.64 bits per heavy atom. The van der Waals surface area contributed by atoms with Gasteiger partial charge in [-0.25, -0.2) is 4.79 Å². The summed E-state index contributed by atoms with van der Waals surface area (Å²) in [6, 6.07) is 4.21. The number of carboxylic acid groups (broad SMARTS) is 3. The second-order valence-corrected chi connectivity index (χ2v) is 12.7. The van der Waals surface area contributed by atoms with Crippen molar-refractivity contribution < 1.29 is 44.2 Å². The first kappa shape index (κ1) is 38.0. The van der Waals surface area contributed by atoms with Crippen LogP contribution in [0.25, 0.3) is 0 Å². The zero-order valence-electron chi connectivity index (χ0n) is 24.0. The first-order valence-corrected chi connectivity index (χ1v) is 13.1. The second-order valence-electron chi connectivity index (χ2n) is 12.1. The average Bonchev–Trinajstić information content (AvgIpc) is 2.74. The van der Waals surface area contributed by atoms with Crippen molar-refractivity contribution >= 4 is 51.1 Å². The topological polar surface area (TPSA) is 189 Å². The lowest BCUT2D eigenvalue weighted by molar-refractivity contribution is -0.385. The van der Waals surface area contributed by atoms with E-state index in [1.807, 2.05) is 41.5 Å². The van der Waals surface area contributed by atoms with Crippen molar-refractivity contribution in [3.05, 3.63) is 39.4 Å². The van der Waals surface area contributed by atoms with Crippen molar-refractivity contribution in [2.45, 2.75) is 80.6 Å². The van der Waals surface area contributed by atoms with E-state index in [0.717, 1.165) is 5.56 Å². The molecule has 0 aliphatic rings. The number of nitrogens with zero attached hydrogens (tertiary/aromatic N) is 1. The highest BCUT2D eigenvalue weighted by molar-refractivity contribution is 9.09. The van der Waals surface area contributed by atoms with E-state index in [-0.39, 0.29) is 45.4 Å². The standard InChI is InChI=1S/C11H13NO4.C8H13BrO2.C8H14O4/c1-11(2,3)7-4-5-8(10(13)14)9(6-7)12(15)16;1-8(2,3)4-6(10)7(11)5-9;1-8(2,3)5(7(11)12)4-6(9)10/h4-6H,1-3H3,(H,13,14);4-5H2,1-3H3;5H,4H2,1-3H3,(H,9,10)(H,11,12). The van der Waals surface area contributed by atoms with Crippen LogP contribution in [0.2, 0.25) is 0 Å². The smallest absolute Gasteiger partial charge is 0.342 e. The molecule has 1 aromatic rings. The number of nitro benzene ring substituents is 1. The molecular formula is C27H40BrNO10. The molecule has 1 aromatic carbocycles. The zero-order chi connectivity index (χ0) is 31.5. The minimum atomic E-state index is -1.29. The zero-order valence-corrected chi connectivity index (χ0v) is 25.5. The lowest BCUT2D eigenvalue weighted by Gasteiger charge is -2.25. The molecule has 11 nitrogen and oxygen atoms in total. The van der Waals surface area contributed by atoms with E-state index in [1.54, 1.807) is 26.8 Å². The number of hydrogen-bond acceptors (Lipinski definition) is 7. The third-order valence-electron chi connectivity index (χ3n) is 5.14. The van der Waals surface area contributed by atoms with E-state index < -0.39 is 34.2 Å². The van der Waals surface area contributed by atoms with Gasteiger partial charge in [0, 0.05) is 12.5 Å². The molecule has 0 spiro atoms. The second kappa shape index (κ2) is 15.4. The molecule has 0 amide bonds. The van der Waals surface area contributed by atoms with Crippen molar-refractivity contribution in [1.82, 2.24) is 0 Å². The van der Waals surface area contributed by atoms with Gasteiger partial charge < -0.3 is 15.3 Å². The fraction of sp³-hybridized carbons (Fsp3) is 0.593. The van der Waals surface area contributed by atoms with Gasteiger partial charge in [-0.15, -0.1) is 0 Å². The highest BCUT2D eigenvalue weighted by Crippen LogP contribution is 2.29. The lowest BCUT2D eigenvalue weighted by atomic mass is 9.79. The van der Waals surface area contributed by atoms with Crippen LogP contribution < -0.4 is 0 Å². The Balaban J connectivity index is 0. The Kier molecular flexibility index (Phi) is 15.0. The summed E-state index contributed by atoms with van der Waals surface area (Å²) in [6.45, 7) is 16.7. The van der Waals surface area contributed by atoms with Crippen LogP contribution in [0.1, 0.15) is 91.1 Å². The summed E-state index contributed by atoms with van der Waals surface area (Å²) in [4.78, 5) is 63.6. The number of alkyl halides is 1. The Morgan fingerprint density at radius 2 is 1.38 bits per heavy atom. The van der Waals surface area contributed by atoms with Gasteiger partial charge in [0.1, 0.15) is 5.56 Å². The number of aromatic carboxylic acids is 1. The van der Waals surface area contributed by atoms with Gasteiger partial charge in [-0.3, -0.25) is 29.3 Å². The number of aliphatic carboxylic acids is 2. The molecular weight excluding hydrogens is 578 g/mol. The van der Waals surface area contributed by atoms with E-state index in [1.165, 1.54) is 12.1 Å². The molecule has 220 valence electrons. The van der Waals surface area contributed by atoms with Crippen LogP contribution in [0.4, 0.5) is 5.69 Å². The van der Waals surface area contributed by atoms with Crippen molar-refractivity contribution in [2.24, 2.45) is 16.7 Å². The fourth-order valence-electron chi connectivity index (χ4n) is 2.92. The predicted octanol–water partition coefficient (Wildman–Crippen LogP) is 5.75. The van der Waals surface area contributed by atoms with Crippen LogP contribution in [0.3, 0.4) is 0 Å². The Morgan fingerprint density at radius 1 is 0.897 bits per heavy atom. The molecule has 0 saturated carbocycles. The minimum Gasteiger partial charge on any atom is -0.481 e. The number of rotatable bonds is 8. The molecule has 12 heteroatoms. The predicted molar refractivity (Wildman–Crippen MR) is 149 cm³/mol. The minimum absolute atomic E-state index is 0.0884. The summed E-state index contributed by atoms with van der Waals surface area (Å²) < 4.78 is 0. The summed E-state index contributed by atoms with van der Waals surface area (Å²) >= 11 is 2.95. The van der Waals surface area contributed by atoms with Crippen LogP contribution in [0.15, 0.2) is 18.2 Å². The summed E-state index contributed by atoms with van der Waals surface area (Å²) in [6.07, 6.45) is 0.0102. The van der Waals surface area contributed by atoms with Gasteiger partial charge in [-0.2, -0.15) is 0 Å². The van der Waals surface area contributed by atoms with Gasteiger partial charge in [-0.05, 0) is 27.9 Å². The SMILES string of the molecule is CC(C)(C)C(CC(=O)O)C(=O)O.CC(C)(C)CC(=O)C(=O)CBr.CC(C)(C)c1ccc(C(=O)O)c([N+](=O)[O-])c1. The van der Waals surface area contributed by atoms with E-state index in [2.05, 4.69) is 15.9 Å². The number of nitro groups is 1. The fourth-order valence-corrected chi connectivity index (χ4v) is 3.24. The molecule has 39 heavy (non-hydrogen) atoms. The number of Topliss-reactive ketones (excluding diaryl/α,β-unsaturated/α-hetero) is 2. The number of hydrogen-bond donors (Lipinski definition) is 3. The molecule has 1 atom stereocenters. The number of ketones is 2. The van der Waals surface area contributed by atoms with Gasteiger partial charge in [0.2, 0.25) is 5.78 Å². The molecule has 1 unspecified atom stereocenters. The molecule has 1 rings (SSSR count). The van der Waals surface area contributed by atoms with E-state index >= 15 is 0 Å². The summed E-state index contributed by atoms with van der Waals surface area (Å²) in [5, 5.41) is 36.8. The largest absolute Gasteiger partial charge is 0.481 e. The quantitative estimate of drug-likeness (QED) is 0.140. The molecule has 0 aliphatic carbocycles. The molecule has 0 aliphatic heterocycles.